The van der Waals surface area contributed by atoms with Gasteiger partial charge in [-0.05, 0) is 65.6 Å². The van der Waals surface area contributed by atoms with Crippen LogP contribution in [0, 0.1) is 6.92 Å². The molecule has 5 rings (SSSR count). The van der Waals surface area contributed by atoms with Gasteiger partial charge >= 0.3 is 0 Å². The molecule has 1 N–H and O–H groups in total. The summed E-state index contributed by atoms with van der Waals surface area (Å²) < 4.78 is 10.8. The van der Waals surface area contributed by atoms with E-state index in [0.717, 1.165) is 40.3 Å². The number of ether oxygens (including phenoxy) is 2. The second-order valence-corrected chi connectivity index (χ2v) is 9.19. The van der Waals surface area contributed by atoms with Crippen molar-refractivity contribution in [1.82, 2.24) is 15.2 Å². The lowest BCUT2D eigenvalue weighted by Gasteiger charge is -2.30. The summed E-state index contributed by atoms with van der Waals surface area (Å²) >= 11 is 1.43. The van der Waals surface area contributed by atoms with E-state index in [-0.39, 0.29) is 18.6 Å². The number of carbonyl (C=O) groups excluding carboxylic acids is 2. The largest absolute Gasteiger partial charge is 0.454 e. The summed E-state index contributed by atoms with van der Waals surface area (Å²) in [5.74, 6) is 1.56. The molecule has 3 aromatic rings. The van der Waals surface area contributed by atoms with Crippen LogP contribution in [0.4, 0.5) is 0 Å². The molecule has 0 unspecified atom stereocenters. The summed E-state index contributed by atoms with van der Waals surface area (Å²) in [5, 5.41) is 4.91. The average molecular weight is 464 g/mol. The lowest BCUT2D eigenvalue weighted by Crippen LogP contribution is -2.37. The van der Waals surface area contributed by atoms with E-state index in [1.165, 1.54) is 16.9 Å². The number of aromatic nitrogens is 1. The molecule has 0 fully saturated rings. The fourth-order valence-corrected chi connectivity index (χ4v) is 4.98. The van der Waals surface area contributed by atoms with Gasteiger partial charge in [-0.2, -0.15) is 0 Å². The highest BCUT2D eigenvalue weighted by molar-refractivity contribution is 7.12. The number of fused-ring (bicyclic) bond motifs is 2. The van der Waals surface area contributed by atoms with Crippen LogP contribution in [0.3, 0.4) is 0 Å². The van der Waals surface area contributed by atoms with E-state index in [1.54, 1.807) is 0 Å². The standard InChI is InChI=1S/C25H25N3O4S/c1-16-20(13-27-25(30)23-3-2-10-33-23)19-8-9-28(14-18(19)12-26-16)24(29)7-5-17-4-6-21-22(11-17)32-15-31-21/h2-4,6,10-12H,5,7-9,13-15H2,1H3,(H,27,30). The Morgan fingerprint density at radius 2 is 2.09 bits per heavy atom. The molecular weight excluding hydrogens is 438 g/mol. The number of hydrogen-bond donors (Lipinski definition) is 1. The summed E-state index contributed by atoms with van der Waals surface area (Å²) in [5.41, 5.74) is 5.30. The van der Waals surface area contributed by atoms with E-state index in [1.807, 2.05) is 53.7 Å². The number of amides is 2. The molecule has 0 atom stereocenters. The van der Waals surface area contributed by atoms with Crippen LogP contribution in [0.25, 0.3) is 0 Å². The molecule has 0 bridgehead atoms. The maximum absolute atomic E-state index is 12.9. The first-order valence-corrected chi connectivity index (χ1v) is 11.9. The van der Waals surface area contributed by atoms with Crippen molar-refractivity contribution < 1.29 is 19.1 Å². The zero-order chi connectivity index (χ0) is 22.8. The van der Waals surface area contributed by atoms with Gasteiger partial charge in [-0.15, -0.1) is 11.3 Å². The highest BCUT2D eigenvalue weighted by Gasteiger charge is 2.24. The molecule has 2 amide bonds. The molecule has 0 saturated carbocycles. The molecule has 8 heteroatoms. The highest BCUT2D eigenvalue weighted by Crippen LogP contribution is 2.33. The van der Waals surface area contributed by atoms with Crippen molar-refractivity contribution >= 4 is 23.2 Å². The third-order valence-electron chi connectivity index (χ3n) is 6.18. The normalized spacial score (nSPS) is 14.2. The molecule has 0 radical (unpaired) electrons. The molecular formula is C25H25N3O4S. The first-order valence-electron chi connectivity index (χ1n) is 11.0. The number of nitrogens with zero attached hydrogens (tertiary/aromatic N) is 2. The van der Waals surface area contributed by atoms with Gasteiger partial charge in [-0.1, -0.05) is 12.1 Å². The quantitative estimate of drug-likeness (QED) is 0.604. The summed E-state index contributed by atoms with van der Waals surface area (Å²) in [6, 6.07) is 9.51. The number of nitrogens with one attached hydrogen (secondary N) is 1. The Morgan fingerprint density at radius 1 is 1.21 bits per heavy atom. The van der Waals surface area contributed by atoms with Crippen LogP contribution >= 0.6 is 11.3 Å². The van der Waals surface area contributed by atoms with Crippen LogP contribution in [-0.4, -0.2) is 35.0 Å². The number of pyridine rings is 1. The van der Waals surface area contributed by atoms with E-state index in [9.17, 15) is 9.59 Å². The van der Waals surface area contributed by atoms with Crippen LogP contribution in [0.2, 0.25) is 0 Å². The lowest BCUT2D eigenvalue weighted by atomic mass is 9.94. The van der Waals surface area contributed by atoms with E-state index in [4.69, 9.17) is 9.47 Å². The van der Waals surface area contributed by atoms with Crippen LogP contribution in [0.1, 0.15) is 44.0 Å². The molecule has 4 heterocycles. The monoisotopic (exact) mass is 463 g/mol. The molecule has 1 aromatic carbocycles. The van der Waals surface area contributed by atoms with Crippen molar-refractivity contribution in [2.24, 2.45) is 0 Å². The van der Waals surface area contributed by atoms with E-state index in [2.05, 4.69) is 10.3 Å². The molecule has 2 aliphatic heterocycles. The summed E-state index contributed by atoms with van der Waals surface area (Å²) in [4.78, 5) is 32.4. The minimum absolute atomic E-state index is 0.0712. The SMILES string of the molecule is Cc1ncc2c(c1CNC(=O)c1cccs1)CCN(C(=O)CCc1ccc3c(c1)OCO3)C2. The summed E-state index contributed by atoms with van der Waals surface area (Å²) in [7, 11) is 0. The van der Waals surface area contributed by atoms with Gasteiger partial charge in [0.2, 0.25) is 12.7 Å². The van der Waals surface area contributed by atoms with Gasteiger partial charge in [-0.3, -0.25) is 14.6 Å². The van der Waals surface area contributed by atoms with E-state index in [0.29, 0.717) is 37.4 Å². The Hall–Kier alpha value is -3.39. The Balaban J connectivity index is 1.21. The average Bonchev–Trinajstić information content (AvgIpc) is 3.53. The lowest BCUT2D eigenvalue weighted by molar-refractivity contribution is -0.132. The van der Waals surface area contributed by atoms with Gasteiger partial charge in [0.1, 0.15) is 0 Å². The van der Waals surface area contributed by atoms with Crippen molar-refractivity contribution in [1.29, 1.82) is 0 Å². The maximum atomic E-state index is 12.9. The number of hydrogen-bond acceptors (Lipinski definition) is 6. The molecule has 170 valence electrons. The van der Waals surface area contributed by atoms with Crippen molar-refractivity contribution in [3.63, 3.8) is 0 Å². The predicted molar refractivity (Wildman–Crippen MR) is 124 cm³/mol. The van der Waals surface area contributed by atoms with Gasteiger partial charge in [0.25, 0.3) is 5.91 Å². The predicted octanol–water partition coefficient (Wildman–Crippen LogP) is 3.63. The third kappa shape index (κ3) is 4.57. The molecule has 0 spiro atoms. The van der Waals surface area contributed by atoms with Crippen LogP contribution in [-0.2, 0) is 30.7 Å². The molecule has 2 aliphatic rings. The molecule has 33 heavy (non-hydrogen) atoms. The Morgan fingerprint density at radius 3 is 2.94 bits per heavy atom. The van der Waals surface area contributed by atoms with Crippen molar-refractivity contribution in [3.8, 4) is 11.5 Å². The van der Waals surface area contributed by atoms with Gasteiger partial charge in [-0.25, -0.2) is 0 Å². The van der Waals surface area contributed by atoms with E-state index < -0.39 is 0 Å². The van der Waals surface area contributed by atoms with Gasteiger partial charge < -0.3 is 19.7 Å². The molecule has 0 aliphatic carbocycles. The Labute approximate surface area is 196 Å². The fraction of sp³-hybridized carbons (Fsp3) is 0.320. The number of thiophene rings is 1. The Kier molecular flexibility index (Phi) is 6.00. The van der Waals surface area contributed by atoms with Gasteiger partial charge in [0, 0.05) is 37.9 Å². The van der Waals surface area contributed by atoms with Crippen LogP contribution in [0.5, 0.6) is 11.5 Å². The molecule has 7 nitrogen and oxygen atoms in total. The fourth-order valence-electron chi connectivity index (χ4n) is 4.34. The van der Waals surface area contributed by atoms with Crippen molar-refractivity contribution in [3.05, 3.63) is 74.7 Å². The minimum atomic E-state index is -0.0712. The second kappa shape index (κ2) is 9.23. The number of benzene rings is 1. The summed E-state index contributed by atoms with van der Waals surface area (Å²) in [6.45, 7) is 3.88. The van der Waals surface area contributed by atoms with Crippen LogP contribution in [0.15, 0.2) is 41.9 Å². The zero-order valence-electron chi connectivity index (χ0n) is 18.4. The smallest absolute Gasteiger partial charge is 0.261 e. The Bertz CT molecular complexity index is 1190. The first-order chi connectivity index (χ1) is 16.1. The van der Waals surface area contributed by atoms with Crippen molar-refractivity contribution in [2.45, 2.75) is 39.3 Å². The van der Waals surface area contributed by atoms with Gasteiger partial charge in [0.05, 0.1) is 4.88 Å². The molecule has 0 saturated heterocycles. The number of carbonyl (C=O) groups is 2. The zero-order valence-corrected chi connectivity index (χ0v) is 19.2. The third-order valence-corrected chi connectivity index (χ3v) is 7.05. The number of rotatable bonds is 6. The maximum Gasteiger partial charge on any atom is 0.261 e. The summed E-state index contributed by atoms with van der Waals surface area (Å²) in [6.07, 6.45) is 3.73. The minimum Gasteiger partial charge on any atom is -0.454 e. The van der Waals surface area contributed by atoms with Crippen LogP contribution < -0.4 is 14.8 Å². The molecule has 2 aromatic heterocycles. The highest BCUT2D eigenvalue weighted by atomic mass is 32.1. The second-order valence-electron chi connectivity index (χ2n) is 8.24. The topological polar surface area (TPSA) is 80.8 Å². The number of aryl methyl sites for hydroxylation is 2. The first kappa shape index (κ1) is 21.5. The van der Waals surface area contributed by atoms with Crippen molar-refractivity contribution in [2.75, 3.05) is 13.3 Å². The van der Waals surface area contributed by atoms with E-state index >= 15 is 0 Å². The van der Waals surface area contributed by atoms with Gasteiger partial charge in [0.15, 0.2) is 11.5 Å².